The highest BCUT2D eigenvalue weighted by molar-refractivity contribution is 7.20. The SMILES string of the molecule is O=C(c1ccccc1)C(c1ccccc1)c1csc(-c2cc(C(C(=O)c3ccccc3)c3ccccc3)cs2)c1. The molecule has 2 atom stereocenters. The molecule has 4 heteroatoms. The largest absolute Gasteiger partial charge is 0.293 e. The molecule has 6 rings (SSSR count). The lowest BCUT2D eigenvalue weighted by Gasteiger charge is -2.16. The van der Waals surface area contributed by atoms with Gasteiger partial charge in [0.15, 0.2) is 11.6 Å². The van der Waals surface area contributed by atoms with Crippen LogP contribution in [0, 0.1) is 0 Å². The van der Waals surface area contributed by atoms with Gasteiger partial charge in [0.2, 0.25) is 0 Å². The van der Waals surface area contributed by atoms with Crippen LogP contribution in [0.4, 0.5) is 0 Å². The predicted octanol–water partition coefficient (Wildman–Crippen LogP) is 9.51. The average Bonchev–Trinajstić information content (AvgIpc) is 3.70. The minimum absolute atomic E-state index is 0.0839. The zero-order valence-electron chi connectivity index (χ0n) is 21.6. The smallest absolute Gasteiger partial charge is 0.174 e. The second-order valence-electron chi connectivity index (χ2n) is 9.64. The Morgan fingerprint density at radius 3 is 1.10 bits per heavy atom. The lowest BCUT2D eigenvalue weighted by molar-refractivity contribution is 0.0966. The van der Waals surface area contributed by atoms with Gasteiger partial charge in [0, 0.05) is 20.9 Å². The molecule has 0 bridgehead atoms. The van der Waals surface area contributed by atoms with Gasteiger partial charge in [-0.1, -0.05) is 121 Å². The van der Waals surface area contributed by atoms with Crippen molar-refractivity contribution >= 4 is 34.2 Å². The van der Waals surface area contributed by atoms with Crippen molar-refractivity contribution in [2.75, 3.05) is 0 Å². The predicted molar refractivity (Wildman–Crippen MR) is 166 cm³/mol. The van der Waals surface area contributed by atoms with E-state index in [1.165, 1.54) is 0 Å². The fourth-order valence-electron chi connectivity index (χ4n) is 5.08. The van der Waals surface area contributed by atoms with Gasteiger partial charge in [0.25, 0.3) is 0 Å². The Labute approximate surface area is 242 Å². The molecule has 2 heterocycles. The molecule has 194 valence electrons. The van der Waals surface area contributed by atoms with Gasteiger partial charge in [-0.15, -0.1) is 22.7 Å². The second kappa shape index (κ2) is 11.8. The molecule has 0 saturated heterocycles. The number of ketones is 2. The molecule has 0 aliphatic carbocycles. The van der Waals surface area contributed by atoms with E-state index in [-0.39, 0.29) is 23.4 Å². The summed E-state index contributed by atoms with van der Waals surface area (Å²) in [7, 11) is 0. The van der Waals surface area contributed by atoms with E-state index in [1.807, 2.05) is 121 Å². The molecular formula is C36H26O2S2. The van der Waals surface area contributed by atoms with E-state index < -0.39 is 0 Å². The lowest BCUT2D eigenvalue weighted by atomic mass is 9.85. The Bertz CT molecular complexity index is 1590. The Balaban J connectivity index is 1.36. The Kier molecular flexibility index (Phi) is 7.62. The zero-order valence-corrected chi connectivity index (χ0v) is 23.3. The van der Waals surface area contributed by atoms with Crippen LogP contribution in [0.5, 0.6) is 0 Å². The third kappa shape index (κ3) is 5.37. The minimum atomic E-state index is -0.384. The Morgan fingerprint density at radius 2 is 0.750 bits per heavy atom. The number of hydrogen-bond donors (Lipinski definition) is 0. The van der Waals surface area contributed by atoms with Crippen LogP contribution in [0.3, 0.4) is 0 Å². The van der Waals surface area contributed by atoms with E-state index in [0.717, 1.165) is 32.0 Å². The Hall–Kier alpha value is -4.38. The molecule has 2 unspecified atom stereocenters. The highest BCUT2D eigenvalue weighted by Crippen LogP contribution is 2.40. The molecule has 0 radical (unpaired) electrons. The number of carbonyl (C=O) groups is 2. The molecule has 4 aromatic carbocycles. The van der Waals surface area contributed by atoms with Crippen molar-refractivity contribution in [2.45, 2.75) is 11.8 Å². The van der Waals surface area contributed by atoms with E-state index >= 15 is 0 Å². The molecule has 0 aliphatic heterocycles. The van der Waals surface area contributed by atoms with Crippen molar-refractivity contribution in [3.8, 4) is 9.75 Å². The van der Waals surface area contributed by atoms with Crippen molar-refractivity contribution in [3.05, 3.63) is 178 Å². The van der Waals surface area contributed by atoms with E-state index in [1.54, 1.807) is 22.7 Å². The number of Topliss-reactive ketones (excluding diaryl/α,β-unsaturated/α-hetero) is 2. The van der Waals surface area contributed by atoms with Crippen molar-refractivity contribution in [1.29, 1.82) is 0 Å². The summed E-state index contributed by atoms with van der Waals surface area (Å²) in [5.74, 6) is -0.601. The molecule has 40 heavy (non-hydrogen) atoms. The van der Waals surface area contributed by atoms with Crippen LogP contribution in [0.15, 0.2) is 144 Å². The van der Waals surface area contributed by atoms with Crippen LogP contribution in [-0.4, -0.2) is 11.6 Å². The molecule has 0 saturated carbocycles. The van der Waals surface area contributed by atoms with Crippen molar-refractivity contribution < 1.29 is 9.59 Å². The molecular weight excluding hydrogens is 529 g/mol. The van der Waals surface area contributed by atoms with Gasteiger partial charge in [-0.3, -0.25) is 9.59 Å². The number of thiophene rings is 2. The lowest BCUT2D eigenvalue weighted by Crippen LogP contribution is -2.14. The highest BCUT2D eigenvalue weighted by atomic mass is 32.1. The first-order valence-corrected chi connectivity index (χ1v) is 14.9. The molecule has 0 fully saturated rings. The minimum Gasteiger partial charge on any atom is -0.293 e. The van der Waals surface area contributed by atoms with Crippen LogP contribution < -0.4 is 0 Å². The maximum Gasteiger partial charge on any atom is 0.174 e. The van der Waals surface area contributed by atoms with Gasteiger partial charge in [0.1, 0.15) is 0 Å². The molecule has 2 nitrogen and oxygen atoms in total. The quantitative estimate of drug-likeness (QED) is 0.167. The Morgan fingerprint density at radius 1 is 0.425 bits per heavy atom. The zero-order chi connectivity index (χ0) is 27.3. The number of carbonyl (C=O) groups excluding carboxylic acids is 2. The number of hydrogen-bond acceptors (Lipinski definition) is 4. The van der Waals surface area contributed by atoms with Gasteiger partial charge >= 0.3 is 0 Å². The first-order valence-electron chi connectivity index (χ1n) is 13.1. The third-order valence-corrected chi connectivity index (χ3v) is 9.15. The average molecular weight is 555 g/mol. The van der Waals surface area contributed by atoms with Crippen molar-refractivity contribution in [3.63, 3.8) is 0 Å². The van der Waals surface area contributed by atoms with Crippen molar-refractivity contribution in [1.82, 2.24) is 0 Å². The van der Waals surface area contributed by atoms with Crippen molar-refractivity contribution in [2.24, 2.45) is 0 Å². The molecule has 0 N–H and O–H groups in total. The maximum absolute atomic E-state index is 13.7. The highest BCUT2D eigenvalue weighted by Gasteiger charge is 2.27. The molecule has 6 aromatic rings. The third-order valence-electron chi connectivity index (χ3n) is 7.06. The number of rotatable bonds is 9. The van der Waals surface area contributed by atoms with Crippen LogP contribution in [0.1, 0.15) is 54.8 Å². The maximum atomic E-state index is 13.7. The van der Waals surface area contributed by atoms with Crippen LogP contribution in [0.2, 0.25) is 0 Å². The summed E-state index contributed by atoms with van der Waals surface area (Å²) in [6.07, 6.45) is 0. The normalized spacial score (nSPS) is 12.5. The summed E-state index contributed by atoms with van der Waals surface area (Å²) in [5, 5.41) is 4.19. The summed E-state index contributed by atoms with van der Waals surface area (Å²) >= 11 is 3.27. The summed E-state index contributed by atoms with van der Waals surface area (Å²) < 4.78 is 0. The molecule has 0 spiro atoms. The van der Waals surface area contributed by atoms with E-state index in [4.69, 9.17) is 0 Å². The van der Waals surface area contributed by atoms with E-state index in [9.17, 15) is 9.59 Å². The second-order valence-corrected chi connectivity index (χ2v) is 11.5. The summed E-state index contributed by atoms with van der Waals surface area (Å²) in [5.41, 5.74) is 5.32. The first-order chi connectivity index (χ1) is 19.7. The van der Waals surface area contributed by atoms with Gasteiger partial charge in [-0.2, -0.15) is 0 Å². The summed E-state index contributed by atoms with van der Waals surface area (Å²) in [4.78, 5) is 29.6. The standard InChI is InChI=1S/C36H26O2S2/c37-35(27-17-9-3-10-18-27)33(25-13-5-1-6-14-25)29-21-31(39-23-29)32-22-30(24-40-32)34(26-15-7-2-8-16-26)36(38)28-19-11-4-12-20-28/h1-24,33-34H. The summed E-state index contributed by atoms with van der Waals surface area (Å²) in [6, 6.07) is 43.2. The van der Waals surface area contributed by atoms with Crippen LogP contribution in [-0.2, 0) is 0 Å². The van der Waals surface area contributed by atoms with E-state index in [2.05, 4.69) is 22.9 Å². The van der Waals surface area contributed by atoms with Gasteiger partial charge in [0.05, 0.1) is 11.8 Å². The van der Waals surface area contributed by atoms with Crippen LogP contribution in [0.25, 0.3) is 9.75 Å². The van der Waals surface area contributed by atoms with Gasteiger partial charge in [-0.05, 0) is 45.1 Å². The van der Waals surface area contributed by atoms with Gasteiger partial charge < -0.3 is 0 Å². The monoisotopic (exact) mass is 554 g/mol. The molecule has 0 amide bonds. The fraction of sp³-hybridized carbons (Fsp3) is 0.0556. The molecule has 2 aromatic heterocycles. The summed E-state index contributed by atoms with van der Waals surface area (Å²) in [6.45, 7) is 0. The number of benzene rings is 4. The van der Waals surface area contributed by atoms with Crippen LogP contribution >= 0.6 is 22.7 Å². The topological polar surface area (TPSA) is 34.1 Å². The van der Waals surface area contributed by atoms with E-state index in [0.29, 0.717) is 11.1 Å². The van der Waals surface area contributed by atoms with Gasteiger partial charge in [-0.25, -0.2) is 0 Å². The first kappa shape index (κ1) is 25.9. The fourth-order valence-corrected chi connectivity index (χ4v) is 7.06. The molecule has 0 aliphatic rings.